The van der Waals surface area contributed by atoms with E-state index < -0.39 is 4.92 Å². The van der Waals surface area contributed by atoms with Crippen molar-refractivity contribution in [3.63, 3.8) is 0 Å². The summed E-state index contributed by atoms with van der Waals surface area (Å²) in [5, 5.41) is 14.5. The van der Waals surface area contributed by atoms with E-state index in [-0.39, 0.29) is 17.6 Å². The van der Waals surface area contributed by atoms with Gasteiger partial charge in [0.2, 0.25) is 5.91 Å². The SMILES string of the molecule is O=C(CSc1ccc([N+](=O)[O-])cc1)NC1CC[NH+](Cc2ccc(Cl)cc2)CC1. The smallest absolute Gasteiger partial charge is 0.269 e. The number of amides is 1. The van der Waals surface area contributed by atoms with Gasteiger partial charge in [0.15, 0.2) is 0 Å². The second kappa shape index (κ2) is 9.91. The van der Waals surface area contributed by atoms with Crippen molar-refractivity contribution in [2.45, 2.75) is 30.3 Å². The van der Waals surface area contributed by atoms with Crippen molar-refractivity contribution in [3.05, 3.63) is 69.2 Å². The van der Waals surface area contributed by atoms with Gasteiger partial charge >= 0.3 is 0 Å². The monoisotopic (exact) mass is 420 g/mol. The molecule has 0 unspecified atom stereocenters. The molecule has 148 valence electrons. The number of piperidine rings is 1. The topological polar surface area (TPSA) is 76.7 Å². The first-order chi connectivity index (χ1) is 13.5. The number of non-ortho nitro benzene ring substituents is 1. The maximum atomic E-state index is 12.2. The van der Waals surface area contributed by atoms with Crippen molar-refractivity contribution in [1.29, 1.82) is 0 Å². The number of nitro groups is 1. The molecule has 3 rings (SSSR count). The summed E-state index contributed by atoms with van der Waals surface area (Å²) < 4.78 is 0. The zero-order chi connectivity index (χ0) is 19.9. The molecule has 0 bridgehead atoms. The van der Waals surface area contributed by atoms with E-state index in [4.69, 9.17) is 11.6 Å². The van der Waals surface area contributed by atoms with Gasteiger partial charge in [-0.2, -0.15) is 0 Å². The van der Waals surface area contributed by atoms with Gasteiger partial charge < -0.3 is 10.2 Å². The molecular formula is C20H23ClN3O3S+. The van der Waals surface area contributed by atoms with Gasteiger partial charge in [0, 0.05) is 46.5 Å². The first-order valence-corrected chi connectivity index (χ1v) is 10.6. The minimum atomic E-state index is -0.428. The van der Waals surface area contributed by atoms with Gasteiger partial charge in [-0.25, -0.2) is 0 Å². The third-order valence-electron chi connectivity index (χ3n) is 4.84. The molecular weight excluding hydrogens is 398 g/mol. The van der Waals surface area contributed by atoms with Crippen LogP contribution in [0.15, 0.2) is 53.4 Å². The fourth-order valence-electron chi connectivity index (χ4n) is 3.32. The summed E-state index contributed by atoms with van der Waals surface area (Å²) in [5.74, 6) is 0.324. The predicted octanol–water partition coefficient (Wildman–Crippen LogP) is 2.70. The molecule has 1 amide bonds. The van der Waals surface area contributed by atoms with Gasteiger partial charge in [-0.3, -0.25) is 14.9 Å². The fraction of sp³-hybridized carbons (Fsp3) is 0.350. The number of benzene rings is 2. The van der Waals surface area contributed by atoms with Crippen molar-refractivity contribution < 1.29 is 14.6 Å². The van der Waals surface area contributed by atoms with Crippen LogP contribution in [-0.2, 0) is 11.3 Å². The highest BCUT2D eigenvalue weighted by Gasteiger charge is 2.23. The summed E-state index contributed by atoms with van der Waals surface area (Å²) in [7, 11) is 0. The number of carbonyl (C=O) groups is 1. The highest BCUT2D eigenvalue weighted by molar-refractivity contribution is 8.00. The molecule has 0 radical (unpaired) electrons. The minimum Gasteiger partial charge on any atom is -0.352 e. The normalized spacial score (nSPS) is 19.2. The number of nitrogens with one attached hydrogen (secondary N) is 2. The lowest BCUT2D eigenvalue weighted by Crippen LogP contribution is -3.12. The Labute approximate surface area is 173 Å². The van der Waals surface area contributed by atoms with Gasteiger partial charge in [-0.1, -0.05) is 23.7 Å². The molecule has 2 aromatic rings. The fourth-order valence-corrected chi connectivity index (χ4v) is 4.16. The second-order valence-corrected chi connectivity index (χ2v) is 8.42. The molecule has 2 N–H and O–H groups in total. The Morgan fingerprint density at radius 3 is 2.39 bits per heavy atom. The van der Waals surface area contributed by atoms with E-state index in [9.17, 15) is 14.9 Å². The molecule has 6 nitrogen and oxygen atoms in total. The van der Waals surface area contributed by atoms with Crippen LogP contribution in [-0.4, -0.2) is 35.7 Å². The molecule has 0 saturated carbocycles. The zero-order valence-corrected chi connectivity index (χ0v) is 17.0. The summed E-state index contributed by atoms with van der Waals surface area (Å²) in [6.45, 7) is 3.04. The molecule has 2 aromatic carbocycles. The Morgan fingerprint density at radius 2 is 1.79 bits per heavy atom. The quantitative estimate of drug-likeness (QED) is 0.410. The first-order valence-electron chi connectivity index (χ1n) is 9.24. The molecule has 1 aliphatic heterocycles. The average molecular weight is 421 g/mol. The number of carbonyl (C=O) groups excluding carboxylic acids is 1. The largest absolute Gasteiger partial charge is 0.352 e. The van der Waals surface area contributed by atoms with Crippen LogP contribution in [0.2, 0.25) is 5.02 Å². The van der Waals surface area contributed by atoms with E-state index in [1.54, 1.807) is 12.1 Å². The number of nitro benzene ring substituents is 1. The average Bonchev–Trinajstić information content (AvgIpc) is 2.70. The first kappa shape index (κ1) is 20.6. The number of hydrogen-bond donors (Lipinski definition) is 2. The summed E-state index contributed by atoms with van der Waals surface area (Å²) in [4.78, 5) is 24.8. The summed E-state index contributed by atoms with van der Waals surface area (Å²) >= 11 is 7.32. The minimum absolute atomic E-state index is 0.00880. The molecule has 1 fully saturated rings. The number of halogens is 1. The Bertz CT molecular complexity index is 806. The van der Waals surface area contributed by atoms with Gasteiger partial charge in [0.05, 0.1) is 23.8 Å². The predicted molar refractivity (Wildman–Crippen MR) is 111 cm³/mol. The van der Waals surface area contributed by atoms with Gasteiger partial charge in [-0.15, -0.1) is 11.8 Å². The van der Waals surface area contributed by atoms with Gasteiger partial charge in [-0.05, 0) is 24.3 Å². The van der Waals surface area contributed by atoms with E-state index in [0.717, 1.165) is 42.4 Å². The molecule has 0 atom stereocenters. The molecule has 8 heteroatoms. The van der Waals surface area contributed by atoms with E-state index in [2.05, 4.69) is 17.4 Å². The maximum absolute atomic E-state index is 12.2. The summed E-state index contributed by atoms with van der Waals surface area (Å²) in [6, 6.07) is 14.5. The number of rotatable bonds is 7. The Kier molecular flexibility index (Phi) is 7.30. The van der Waals surface area contributed by atoms with Crippen LogP contribution in [0.3, 0.4) is 0 Å². The van der Waals surface area contributed by atoms with Crippen LogP contribution in [0.4, 0.5) is 5.69 Å². The third kappa shape index (κ3) is 6.22. The molecule has 1 heterocycles. The molecule has 0 spiro atoms. The summed E-state index contributed by atoms with van der Waals surface area (Å²) in [5.41, 5.74) is 1.34. The maximum Gasteiger partial charge on any atom is 0.269 e. The Morgan fingerprint density at radius 1 is 1.14 bits per heavy atom. The Hall–Kier alpha value is -2.09. The lowest BCUT2D eigenvalue weighted by atomic mass is 10.0. The number of quaternary nitrogens is 1. The van der Waals surface area contributed by atoms with Gasteiger partial charge in [0.1, 0.15) is 6.54 Å². The number of likely N-dealkylation sites (tertiary alicyclic amines) is 1. The van der Waals surface area contributed by atoms with Crippen LogP contribution >= 0.6 is 23.4 Å². The van der Waals surface area contributed by atoms with Crippen molar-refractivity contribution >= 4 is 35.0 Å². The number of nitrogens with zero attached hydrogens (tertiary/aromatic N) is 1. The molecule has 0 aliphatic carbocycles. The lowest BCUT2D eigenvalue weighted by Gasteiger charge is -2.29. The van der Waals surface area contributed by atoms with Crippen LogP contribution < -0.4 is 10.2 Å². The van der Waals surface area contributed by atoms with Crippen molar-refractivity contribution in [2.24, 2.45) is 0 Å². The number of thioether (sulfide) groups is 1. The van der Waals surface area contributed by atoms with Crippen molar-refractivity contribution in [3.8, 4) is 0 Å². The van der Waals surface area contributed by atoms with Crippen molar-refractivity contribution in [2.75, 3.05) is 18.8 Å². The van der Waals surface area contributed by atoms with E-state index in [1.807, 2.05) is 12.1 Å². The molecule has 0 aromatic heterocycles. The van der Waals surface area contributed by atoms with Crippen LogP contribution in [0.5, 0.6) is 0 Å². The van der Waals surface area contributed by atoms with Crippen LogP contribution in [0.1, 0.15) is 18.4 Å². The van der Waals surface area contributed by atoms with E-state index >= 15 is 0 Å². The number of hydrogen-bond acceptors (Lipinski definition) is 4. The molecule has 1 aliphatic rings. The van der Waals surface area contributed by atoms with E-state index in [0.29, 0.717) is 5.75 Å². The standard InChI is InChI=1S/C20H22ClN3O3S/c21-16-3-1-15(2-4-16)13-23-11-9-17(10-12-23)22-20(25)14-28-19-7-5-18(6-8-19)24(26)27/h1-8,17H,9-14H2,(H,22,25)/p+1. The zero-order valence-electron chi connectivity index (χ0n) is 15.4. The van der Waals surface area contributed by atoms with Crippen LogP contribution in [0, 0.1) is 10.1 Å². The summed E-state index contributed by atoms with van der Waals surface area (Å²) in [6.07, 6.45) is 1.94. The van der Waals surface area contributed by atoms with Gasteiger partial charge in [0.25, 0.3) is 5.69 Å². The van der Waals surface area contributed by atoms with E-state index in [1.165, 1.54) is 34.4 Å². The highest BCUT2D eigenvalue weighted by atomic mass is 35.5. The van der Waals surface area contributed by atoms with Crippen molar-refractivity contribution in [1.82, 2.24) is 5.32 Å². The Balaban J connectivity index is 1.37. The third-order valence-corrected chi connectivity index (χ3v) is 6.11. The highest BCUT2D eigenvalue weighted by Crippen LogP contribution is 2.21. The lowest BCUT2D eigenvalue weighted by molar-refractivity contribution is -0.918. The van der Waals surface area contributed by atoms with Crippen LogP contribution in [0.25, 0.3) is 0 Å². The molecule has 1 saturated heterocycles. The second-order valence-electron chi connectivity index (χ2n) is 6.93. The molecule has 28 heavy (non-hydrogen) atoms.